The molecule has 284 valence electrons. The molecule has 0 spiro atoms. The highest BCUT2D eigenvalue weighted by atomic mass is 16.6. The van der Waals surface area contributed by atoms with Gasteiger partial charge in [0.15, 0.2) is 0 Å². The second kappa shape index (κ2) is 22.2. The molecule has 1 saturated heterocycles. The maximum Gasteiger partial charge on any atom is 0.407 e. The van der Waals surface area contributed by atoms with Crippen molar-refractivity contribution < 1.29 is 20.5 Å². The van der Waals surface area contributed by atoms with E-state index in [1.165, 1.54) is 49.7 Å². The van der Waals surface area contributed by atoms with Gasteiger partial charge in [-0.25, -0.2) is 4.79 Å². The second-order valence-corrected chi connectivity index (χ2v) is 14.5. The number of nitrogens with one attached hydrogen (secondary N) is 1. The molecule has 3 N–H and O–H groups in total. The molecule has 2 aliphatic carbocycles. The number of methoxy groups -OCH3 is 1. The van der Waals surface area contributed by atoms with Gasteiger partial charge in [0.1, 0.15) is 11.9 Å². The van der Waals surface area contributed by atoms with E-state index in [1.807, 2.05) is 45.2 Å². The van der Waals surface area contributed by atoms with Gasteiger partial charge < -0.3 is 30.3 Å². The third-order valence-corrected chi connectivity index (χ3v) is 10.2. The summed E-state index contributed by atoms with van der Waals surface area (Å²) in [6.45, 7) is 8.21. The molecule has 2 aromatic carbocycles. The Morgan fingerprint density at radius 2 is 1.63 bits per heavy atom. The number of aliphatic imine (C=N–C) groups is 1. The number of nitrogens with zero attached hydrogens (tertiary/aromatic N) is 3. The first-order valence-corrected chi connectivity index (χ1v) is 19.1. The number of hydrogen-bond donors (Lipinski definition) is 2. The highest BCUT2D eigenvalue weighted by Crippen LogP contribution is 2.34. The zero-order valence-electron chi connectivity index (χ0n) is 32.5. The zero-order valence-corrected chi connectivity index (χ0v) is 32.5. The molecule has 9 heteroatoms. The number of anilines is 1. The smallest absolute Gasteiger partial charge is 0.407 e. The number of rotatable bonds is 8. The lowest BCUT2D eigenvalue weighted by Crippen LogP contribution is -2.36. The van der Waals surface area contributed by atoms with Crippen molar-refractivity contribution in [3.63, 3.8) is 0 Å². The molecule has 51 heavy (non-hydrogen) atoms. The number of piperidine rings is 1. The average Bonchev–Trinajstić information content (AvgIpc) is 3.16. The van der Waals surface area contributed by atoms with E-state index in [-0.39, 0.29) is 31.5 Å². The van der Waals surface area contributed by atoms with E-state index in [1.54, 1.807) is 31.5 Å². The predicted molar refractivity (Wildman–Crippen MR) is 214 cm³/mol. The Morgan fingerprint density at radius 3 is 2.20 bits per heavy atom. The van der Waals surface area contributed by atoms with Gasteiger partial charge in [0, 0.05) is 64.2 Å². The molecule has 0 unspecified atom stereocenters. The van der Waals surface area contributed by atoms with Crippen molar-refractivity contribution in [2.75, 3.05) is 46.2 Å². The van der Waals surface area contributed by atoms with Gasteiger partial charge in [-0.05, 0) is 107 Å². The van der Waals surface area contributed by atoms with Gasteiger partial charge in [0.05, 0.1) is 7.11 Å². The first-order valence-electron chi connectivity index (χ1n) is 19.1. The molecule has 3 aliphatic rings. The van der Waals surface area contributed by atoms with Crippen LogP contribution in [0.4, 0.5) is 10.5 Å². The van der Waals surface area contributed by atoms with Crippen LogP contribution < -0.4 is 20.7 Å². The zero-order chi connectivity index (χ0) is 37.2. The van der Waals surface area contributed by atoms with E-state index in [0.29, 0.717) is 0 Å². The summed E-state index contributed by atoms with van der Waals surface area (Å²) in [5.41, 5.74) is 11.3. The molecule has 9 nitrogen and oxygen atoms in total. The van der Waals surface area contributed by atoms with Crippen molar-refractivity contribution in [2.45, 2.75) is 116 Å². The van der Waals surface area contributed by atoms with Gasteiger partial charge in [-0.1, -0.05) is 62.8 Å². The minimum atomic E-state index is -0.315. The molecule has 1 heterocycles. The fourth-order valence-corrected chi connectivity index (χ4v) is 6.99. The normalized spacial score (nSPS) is 17.9. The van der Waals surface area contributed by atoms with Crippen molar-refractivity contribution in [3.8, 4) is 5.75 Å². The molecular weight excluding hydrogens is 638 g/mol. The summed E-state index contributed by atoms with van der Waals surface area (Å²) in [7, 11) is 7.26. The minimum absolute atomic E-state index is 0. The Bertz CT molecular complexity index is 1410. The van der Waals surface area contributed by atoms with Crippen LogP contribution in [0.3, 0.4) is 0 Å². The van der Waals surface area contributed by atoms with E-state index in [9.17, 15) is 9.59 Å². The summed E-state index contributed by atoms with van der Waals surface area (Å²) < 4.78 is 10.4. The summed E-state index contributed by atoms with van der Waals surface area (Å²) in [6, 6.07) is 14.8. The number of allylic oxidation sites excluding steroid dienone is 1. The number of amides is 2. The van der Waals surface area contributed by atoms with Gasteiger partial charge in [-0.15, -0.1) is 0 Å². The van der Waals surface area contributed by atoms with Gasteiger partial charge in [-0.3, -0.25) is 9.79 Å². The first-order chi connectivity index (χ1) is 24.6. The predicted octanol–water partition coefficient (Wildman–Crippen LogP) is 8.74. The Labute approximate surface area is 309 Å². The van der Waals surface area contributed by atoms with Crippen molar-refractivity contribution in [1.29, 1.82) is 0 Å². The maximum atomic E-state index is 12.7. The van der Waals surface area contributed by atoms with E-state index < -0.39 is 0 Å². The molecule has 5 rings (SSSR count). The molecule has 2 aromatic rings. The lowest BCUT2D eigenvalue weighted by Gasteiger charge is -2.28. The molecule has 2 saturated carbocycles. The largest absolute Gasteiger partial charge is 0.496 e. The number of hydrogen-bond acceptors (Lipinski definition) is 7. The summed E-state index contributed by atoms with van der Waals surface area (Å²) in [5.74, 6) is 2.19. The summed E-state index contributed by atoms with van der Waals surface area (Å²) in [6.07, 6.45) is 17.6. The molecule has 2 amide bonds. The van der Waals surface area contributed by atoms with Crippen LogP contribution in [-0.4, -0.2) is 76.6 Å². The van der Waals surface area contributed by atoms with E-state index >= 15 is 0 Å². The lowest BCUT2D eigenvalue weighted by molar-refractivity contribution is -0.123. The van der Waals surface area contributed by atoms with Crippen molar-refractivity contribution >= 4 is 29.5 Å². The monoisotopic (exact) mass is 706 g/mol. The molecule has 0 radical (unpaired) electrons. The molecule has 1 aliphatic heterocycles. The number of carbonyl (C=O) groups excluding carboxylic acids is 2. The van der Waals surface area contributed by atoms with Gasteiger partial charge in [-0.2, -0.15) is 0 Å². The fraction of sp³-hybridized carbons (Fsp3) is 0.595. The van der Waals surface area contributed by atoms with Crippen LogP contribution in [0.15, 0.2) is 53.7 Å². The number of benzene rings is 2. The van der Waals surface area contributed by atoms with E-state index in [2.05, 4.69) is 47.4 Å². The Morgan fingerprint density at radius 1 is 0.980 bits per heavy atom. The number of alkyl carbamates (subject to hydrolysis) is 1. The number of aryl methyl sites for hydroxylation is 1. The van der Waals surface area contributed by atoms with Gasteiger partial charge in [0.25, 0.3) is 0 Å². The van der Waals surface area contributed by atoms with Crippen LogP contribution in [0.1, 0.15) is 115 Å². The molecule has 0 aromatic heterocycles. The van der Waals surface area contributed by atoms with Crippen LogP contribution in [0.2, 0.25) is 0 Å². The molecular formula is C42H67N5O4. The Hall–Kier alpha value is -3.85. The first kappa shape index (κ1) is 41.6. The van der Waals surface area contributed by atoms with Gasteiger partial charge in [0.2, 0.25) is 5.91 Å². The van der Waals surface area contributed by atoms with Crippen molar-refractivity contribution in [2.24, 2.45) is 16.6 Å². The molecule has 0 bridgehead atoms. The lowest BCUT2D eigenvalue weighted by atomic mass is 9.83. The quantitative estimate of drug-likeness (QED) is 0.266. The number of ether oxygens (including phenoxy) is 2. The van der Waals surface area contributed by atoms with Crippen molar-refractivity contribution in [1.82, 2.24) is 10.2 Å². The SMILES string of the molecule is CC(C)N=C/C(=C\N)c1cccc(N(C)C(=O)C2CCCCC2)c1.CNC(=O)OC1CCN(C)CC1.COc1ccc(C2CCCCC2)cc1C.[HH]. The third-order valence-electron chi connectivity index (χ3n) is 10.2. The summed E-state index contributed by atoms with van der Waals surface area (Å²) >= 11 is 0. The topological polar surface area (TPSA) is 109 Å². The van der Waals surface area contributed by atoms with E-state index in [0.717, 1.165) is 80.1 Å². The van der Waals surface area contributed by atoms with Crippen LogP contribution in [-0.2, 0) is 9.53 Å². The highest BCUT2D eigenvalue weighted by Gasteiger charge is 2.25. The standard InChI is InChI=1S/C20H29N3O.C14H20O.C8H16N2O2.H2/c1-15(2)22-14-18(13-21)17-10-7-11-19(12-17)23(3)20(24)16-8-5-4-6-9-16;1-11-10-13(8-9-14(11)15-2)12-6-4-3-5-7-12;1-9-8(11)12-7-3-5-10(2)6-4-7;/h7,10-16H,4-6,8-9,21H2,1-3H3;8-10,12H,3-7H2,1-2H3;7H,3-6H2,1-2H3,(H,9,11);1H/b18-13+,22-14?;;;. The average molecular weight is 706 g/mol. The minimum Gasteiger partial charge on any atom is -0.496 e. The van der Waals surface area contributed by atoms with Crippen LogP contribution in [0, 0.1) is 12.8 Å². The maximum absolute atomic E-state index is 12.7. The number of likely N-dealkylation sites (tertiary alicyclic amines) is 1. The van der Waals surface area contributed by atoms with Crippen LogP contribution in [0.5, 0.6) is 5.75 Å². The Balaban J connectivity index is 0.000000287. The van der Waals surface area contributed by atoms with Crippen LogP contribution in [0.25, 0.3) is 5.57 Å². The molecule has 3 fully saturated rings. The highest BCUT2D eigenvalue weighted by molar-refractivity contribution is 6.10. The summed E-state index contributed by atoms with van der Waals surface area (Å²) in [5, 5.41) is 2.45. The van der Waals surface area contributed by atoms with E-state index in [4.69, 9.17) is 15.2 Å². The molecule has 0 atom stereocenters. The second-order valence-electron chi connectivity index (χ2n) is 14.5. The Kier molecular flexibility index (Phi) is 18.1. The van der Waals surface area contributed by atoms with Gasteiger partial charge >= 0.3 is 6.09 Å². The number of nitrogens with two attached hydrogens (primary N) is 1. The van der Waals surface area contributed by atoms with Crippen LogP contribution >= 0.6 is 0 Å². The fourth-order valence-electron chi connectivity index (χ4n) is 6.99. The third kappa shape index (κ3) is 14.0. The number of carbonyl (C=O) groups is 2. The van der Waals surface area contributed by atoms with Crippen molar-refractivity contribution in [3.05, 3.63) is 65.4 Å². The summed E-state index contributed by atoms with van der Waals surface area (Å²) in [4.78, 5) is 32.0.